The number of nitrogens with one attached hydrogen (secondary N) is 1. The zero-order valence-corrected chi connectivity index (χ0v) is 25.0. The van der Waals surface area contributed by atoms with Crippen LogP contribution >= 0.6 is 22.7 Å². The van der Waals surface area contributed by atoms with Gasteiger partial charge in [0.1, 0.15) is 23.3 Å². The minimum Gasteiger partial charge on any atom is -0.384 e. The molecular formula is C28H27N7O4S3. The zero-order chi connectivity index (χ0) is 30.4. The molecule has 5 aromatic rings. The van der Waals surface area contributed by atoms with E-state index >= 15 is 0 Å². The average molecular weight is 622 g/mol. The van der Waals surface area contributed by atoms with E-state index in [1.165, 1.54) is 48.9 Å². The number of ketones is 2. The summed E-state index contributed by atoms with van der Waals surface area (Å²) in [5, 5.41) is 6.71. The number of carbonyl (C=O) groups is 2. The van der Waals surface area contributed by atoms with Gasteiger partial charge in [0.15, 0.2) is 0 Å². The summed E-state index contributed by atoms with van der Waals surface area (Å²) in [7, 11) is -0.518. The maximum Gasteiger partial charge on any atom is 0.242 e. The van der Waals surface area contributed by atoms with Crippen LogP contribution in [-0.4, -0.2) is 48.4 Å². The molecule has 0 atom stereocenters. The second-order valence-electron chi connectivity index (χ2n) is 8.85. The molecule has 0 saturated carbocycles. The molecule has 4 aromatic heterocycles. The number of rotatable bonds is 8. The van der Waals surface area contributed by atoms with Crippen LogP contribution in [0.15, 0.2) is 88.5 Å². The van der Waals surface area contributed by atoms with Gasteiger partial charge in [0.05, 0.1) is 25.8 Å². The number of pyridine rings is 2. The standard InChI is InChI=1S/C18H18N4O3S2.C10H9N3OS/c1-22(2)27(24,25)13-7-5-12(6-8-13)20-16-10-9-14(18(19)21-16)17(23)15-4-3-11-26-15;11-8-4-3-6(10(12)13-8)9(14)7-2-1-5-15-7/h3-11H,1-2H3,(H3,19,20,21);1-5H,(H4,11,12,13). The predicted octanol–water partition coefficient (Wildman–Crippen LogP) is 4.49. The Balaban J connectivity index is 0.000000227. The third kappa shape index (κ3) is 6.98. The second-order valence-corrected chi connectivity index (χ2v) is 12.9. The molecule has 0 saturated heterocycles. The minimum absolute atomic E-state index is 0.116. The fraction of sp³-hybridized carbons (Fsp3) is 0.0714. The highest BCUT2D eigenvalue weighted by molar-refractivity contribution is 7.89. The van der Waals surface area contributed by atoms with E-state index in [9.17, 15) is 18.0 Å². The fourth-order valence-electron chi connectivity index (χ4n) is 3.57. The monoisotopic (exact) mass is 621 g/mol. The van der Waals surface area contributed by atoms with Crippen molar-refractivity contribution < 1.29 is 18.0 Å². The number of nitrogens with two attached hydrogens (primary N) is 3. The molecule has 0 aliphatic rings. The molecule has 1 aromatic carbocycles. The number of thiophene rings is 2. The maximum atomic E-state index is 12.4. The number of hydrogen-bond donors (Lipinski definition) is 4. The Bertz CT molecular complexity index is 1810. The third-order valence-corrected chi connectivity index (χ3v) is 9.32. The first kappa shape index (κ1) is 30.3. The van der Waals surface area contributed by atoms with Gasteiger partial charge in [-0.15, -0.1) is 22.7 Å². The van der Waals surface area contributed by atoms with Gasteiger partial charge in [-0.25, -0.2) is 22.7 Å². The number of nitrogens with zero attached hydrogens (tertiary/aromatic N) is 3. The van der Waals surface area contributed by atoms with Crippen LogP contribution in [0, 0.1) is 0 Å². The van der Waals surface area contributed by atoms with Crippen molar-refractivity contribution in [2.24, 2.45) is 0 Å². The van der Waals surface area contributed by atoms with Crippen LogP contribution in [-0.2, 0) is 10.0 Å². The topological polar surface area (TPSA) is 187 Å². The summed E-state index contributed by atoms with van der Waals surface area (Å²) in [4.78, 5) is 33.8. The molecule has 42 heavy (non-hydrogen) atoms. The molecule has 7 N–H and O–H groups in total. The van der Waals surface area contributed by atoms with E-state index in [1.807, 2.05) is 16.8 Å². The number of nitrogen functional groups attached to an aromatic ring is 3. The molecule has 0 radical (unpaired) electrons. The Morgan fingerprint density at radius 1 is 0.738 bits per heavy atom. The lowest BCUT2D eigenvalue weighted by Gasteiger charge is -2.12. The van der Waals surface area contributed by atoms with Gasteiger partial charge in [0.25, 0.3) is 0 Å². The minimum atomic E-state index is -3.48. The molecule has 5 rings (SSSR count). The van der Waals surface area contributed by atoms with Crippen LogP contribution in [0.1, 0.15) is 30.5 Å². The second kappa shape index (κ2) is 12.9. The highest BCUT2D eigenvalue weighted by atomic mass is 32.2. The summed E-state index contributed by atoms with van der Waals surface area (Å²) in [5.41, 5.74) is 18.4. The summed E-state index contributed by atoms with van der Waals surface area (Å²) in [5.74, 6) is 0.794. The Hall–Kier alpha value is -4.63. The molecule has 0 unspecified atom stereocenters. The van der Waals surface area contributed by atoms with E-state index in [0.29, 0.717) is 38.2 Å². The van der Waals surface area contributed by atoms with Gasteiger partial charge in [0, 0.05) is 19.8 Å². The van der Waals surface area contributed by atoms with Gasteiger partial charge in [-0.2, -0.15) is 0 Å². The molecule has 0 aliphatic heterocycles. The van der Waals surface area contributed by atoms with E-state index in [-0.39, 0.29) is 28.1 Å². The zero-order valence-electron chi connectivity index (χ0n) is 22.5. The number of anilines is 5. The van der Waals surface area contributed by atoms with Crippen LogP contribution in [0.25, 0.3) is 0 Å². The lowest BCUT2D eigenvalue weighted by molar-refractivity contribution is 0.103. The van der Waals surface area contributed by atoms with E-state index in [2.05, 4.69) is 15.3 Å². The number of carbonyl (C=O) groups excluding carboxylic acids is 2. The lowest BCUT2D eigenvalue weighted by atomic mass is 10.1. The summed E-state index contributed by atoms with van der Waals surface area (Å²) >= 11 is 2.72. The largest absolute Gasteiger partial charge is 0.384 e. The van der Waals surface area contributed by atoms with Crippen molar-refractivity contribution in [2.45, 2.75) is 4.90 Å². The Morgan fingerprint density at radius 3 is 1.71 bits per heavy atom. The lowest BCUT2D eigenvalue weighted by Crippen LogP contribution is -2.22. The summed E-state index contributed by atoms with van der Waals surface area (Å²) < 4.78 is 25.3. The number of hydrogen-bond acceptors (Lipinski definition) is 12. The van der Waals surface area contributed by atoms with Gasteiger partial charge in [-0.05, 0) is 71.4 Å². The molecule has 0 bridgehead atoms. The van der Waals surface area contributed by atoms with Gasteiger partial charge >= 0.3 is 0 Å². The van der Waals surface area contributed by atoms with Crippen LogP contribution in [0.2, 0.25) is 0 Å². The fourth-order valence-corrected chi connectivity index (χ4v) is 5.83. The Kier molecular flexibility index (Phi) is 9.32. The molecule has 0 fully saturated rings. The van der Waals surface area contributed by atoms with Crippen molar-refractivity contribution >= 4 is 73.2 Å². The predicted molar refractivity (Wildman–Crippen MR) is 168 cm³/mol. The maximum absolute atomic E-state index is 12.4. The molecule has 14 heteroatoms. The first-order valence-electron chi connectivity index (χ1n) is 12.2. The van der Waals surface area contributed by atoms with Gasteiger partial charge in [-0.3, -0.25) is 9.59 Å². The highest BCUT2D eigenvalue weighted by Crippen LogP contribution is 2.24. The van der Waals surface area contributed by atoms with Crippen molar-refractivity contribution in [3.63, 3.8) is 0 Å². The Morgan fingerprint density at radius 2 is 1.26 bits per heavy atom. The third-order valence-electron chi connectivity index (χ3n) is 5.76. The molecule has 0 spiro atoms. The van der Waals surface area contributed by atoms with Gasteiger partial charge < -0.3 is 22.5 Å². The normalized spacial score (nSPS) is 11.0. The van der Waals surface area contributed by atoms with E-state index < -0.39 is 10.0 Å². The van der Waals surface area contributed by atoms with E-state index in [1.54, 1.807) is 54.6 Å². The van der Waals surface area contributed by atoms with Crippen LogP contribution < -0.4 is 22.5 Å². The molecule has 4 heterocycles. The first-order chi connectivity index (χ1) is 20.0. The number of aromatic nitrogens is 2. The van der Waals surface area contributed by atoms with Crippen molar-refractivity contribution in [1.29, 1.82) is 0 Å². The molecule has 11 nitrogen and oxygen atoms in total. The number of benzene rings is 1. The van der Waals surface area contributed by atoms with Gasteiger partial charge in [-0.1, -0.05) is 12.1 Å². The average Bonchev–Trinajstić information content (AvgIpc) is 3.68. The van der Waals surface area contributed by atoms with Crippen LogP contribution in [0.4, 0.5) is 29.0 Å². The Labute approximate surface area is 250 Å². The first-order valence-corrected chi connectivity index (χ1v) is 15.4. The SMILES string of the molecule is CN(C)S(=O)(=O)c1ccc(Nc2ccc(C(=O)c3cccs3)c(N)n2)cc1.Nc1ccc(C(=O)c2cccs2)c(N)n1. The quantitative estimate of drug-likeness (QED) is 0.180. The molecule has 0 aliphatic carbocycles. The smallest absolute Gasteiger partial charge is 0.242 e. The highest BCUT2D eigenvalue weighted by Gasteiger charge is 2.18. The van der Waals surface area contributed by atoms with Gasteiger partial charge in [0.2, 0.25) is 21.6 Å². The summed E-state index contributed by atoms with van der Waals surface area (Å²) in [6.07, 6.45) is 0. The van der Waals surface area contributed by atoms with E-state index in [0.717, 1.165) is 4.31 Å². The number of sulfonamides is 1. The van der Waals surface area contributed by atoms with E-state index in [4.69, 9.17) is 17.2 Å². The summed E-state index contributed by atoms with van der Waals surface area (Å²) in [6.45, 7) is 0. The molecular weight excluding hydrogens is 595 g/mol. The van der Waals surface area contributed by atoms with Crippen molar-refractivity contribution in [3.8, 4) is 0 Å². The van der Waals surface area contributed by atoms with Crippen molar-refractivity contribution in [3.05, 3.63) is 104 Å². The van der Waals surface area contributed by atoms with Crippen molar-refractivity contribution in [1.82, 2.24) is 14.3 Å². The van der Waals surface area contributed by atoms with Crippen LogP contribution in [0.5, 0.6) is 0 Å². The van der Waals surface area contributed by atoms with Crippen molar-refractivity contribution in [2.75, 3.05) is 36.6 Å². The van der Waals surface area contributed by atoms with Crippen LogP contribution in [0.3, 0.4) is 0 Å². The summed E-state index contributed by atoms with van der Waals surface area (Å²) in [6, 6.07) is 19.8. The molecule has 216 valence electrons. The molecule has 0 amide bonds.